The van der Waals surface area contributed by atoms with E-state index in [9.17, 15) is 4.79 Å². The van der Waals surface area contributed by atoms with Crippen LogP contribution in [-0.4, -0.2) is 38.1 Å². The van der Waals surface area contributed by atoms with Gasteiger partial charge in [-0.3, -0.25) is 4.79 Å². The standard InChI is InChI=1S/C23H30N2O4/c1-4-11-25(15-16-5-6-16)23(26)17-8-10-20(27-2)22(12-17)29-19-9-7-18(14-24)21(13-19)28-3/h7-10,12-13,16H,4-6,11,14-15,24H2,1-3H3. The SMILES string of the molecule is CCCN(CC1CC1)C(=O)c1ccc(OC)c(Oc2ccc(CN)c(OC)c2)c1. The molecule has 0 aliphatic heterocycles. The van der Waals surface area contributed by atoms with Gasteiger partial charge in [0.2, 0.25) is 0 Å². The summed E-state index contributed by atoms with van der Waals surface area (Å²) in [5, 5.41) is 0. The molecule has 2 aromatic rings. The molecule has 0 aromatic heterocycles. The van der Waals surface area contributed by atoms with Crippen LogP contribution in [0.15, 0.2) is 36.4 Å². The molecule has 0 atom stereocenters. The van der Waals surface area contributed by atoms with E-state index in [1.807, 2.05) is 17.0 Å². The topological polar surface area (TPSA) is 74.0 Å². The summed E-state index contributed by atoms with van der Waals surface area (Å²) in [5.41, 5.74) is 7.23. The lowest BCUT2D eigenvalue weighted by Crippen LogP contribution is -2.33. The first-order valence-electron chi connectivity index (χ1n) is 10.1. The van der Waals surface area contributed by atoms with Gasteiger partial charge in [-0.1, -0.05) is 13.0 Å². The molecule has 0 unspecified atom stereocenters. The van der Waals surface area contributed by atoms with Gasteiger partial charge in [0.25, 0.3) is 5.91 Å². The molecule has 0 heterocycles. The van der Waals surface area contributed by atoms with E-state index in [-0.39, 0.29) is 5.91 Å². The zero-order valence-electron chi connectivity index (χ0n) is 17.4. The zero-order chi connectivity index (χ0) is 20.8. The second kappa shape index (κ2) is 9.65. The third kappa shape index (κ3) is 5.21. The van der Waals surface area contributed by atoms with Crippen molar-refractivity contribution in [3.63, 3.8) is 0 Å². The van der Waals surface area contributed by atoms with Crippen molar-refractivity contribution in [2.75, 3.05) is 27.3 Å². The molecule has 2 N–H and O–H groups in total. The summed E-state index contributed by atoms with van der Waals surface area (Å²) in [5.74, 6) is 2.98. The van der Waals surface area contributed by atoms with Crippen molar-refractivity contribution in [2.45, 2.75) is 32.7 Å². The first kappa shape index (κ1) is 21.0. The van der Waals surface area contributed by atoms with Gasteiger partial charge in [-0.2, -0.15) is 0 Å². The number of nitrogens with two attached hydrogens (primary N) is 1. The number of benzene rings is 2. The van der Waals surface area contributed by atoms with E-state index in [4.69, 9.17) is 19.9 Å². The molecule has 0 bridgehead atoms. The molecule has 1 saturated carbocycles. The Morgan fingerprint density at radius 3 is 2.45 bits per heavy atom. The Bertz CT molecular complexity index is 849. The Morgan fingerprint density at radius 1 is 1.07 bits per heavy atom. The molecule has 6 heteroatoms. The molecule has 0 saturated heterocycles. The number of methoxy groups -OCH3 is 2. The minimum Gasteiger partial charge on any atom is -0.496 e. The van der Waals surface area contributed by atoms with Crippen molar-refractivity contribution in [1.29, 1.82) is 0 Å². The van der Waals surface area contributed by atoms with Crippen molar-refractivity contribution in [3.05, 3.63) is 47.5 Å². The largest absolute Gasteiger partial charge is 0.496 e. The molecular weight excluding hydrogens is 368 g/mol. The van der Waals surface area contributed by atoms with E-state index in [0.717, 1.165) is 25.1 Å². The van der Waals surface area contributed by atoms with Crippen LogP contribution >= 0.6 is 0 Å². The number of carbonyl (C=O) groups excluding carboxylic acids is 1. The van der Waals surface area contributed by atoms with Crippen molar-refractivity contribution >= 4 is 5.91 Å². The first-order chi connectivity index (χ1) is 14.1. The fourth-order valence-electron chi connectivity index (χ4n) is 3.31. The maximum absolute atomic E-state index is 13.1. The van der Waals surface area contributed by atoms with Crippen LogP contribution < -0.4 is 19.9 Å². The van der Waals surface area contributed by atoms with Crippen molar-refractivity contribution in [1.82, 2.24) is 4.90 Å². The molecule has 29 heavy (non-hydrogen) atoms. The number of nitrogens with zero attached hydrogens (tertiary/aromatic N) is 1. The molecule has 1 aliphatic carbocycles. The predicted molar refractivity (Wildman–Crippen MR) is 113 cm³/mol. The molecule has 0 spiro atoms. The summed E-state index contributed by atoms with van der Waals surface area (Å²) >= 11 is 0. The monoisotopic (exact) mass is 398 g/mol. The Labute approximate surface area is 172 Å². The van der Waals surface area contributed by atoms with Gasteiger partial charge in [-0.05, 0) is 49.4 Å². The molecule has 1 amide bonds. The van der Waals surface area contributed by atoms with E-state index in [1.165, 1.54) is 12.8 Å². The number of hydrogen-bond donors (Lipinski definition) is 1. The minimum absolute atomic E-state index is 0.0299. The maximum Gasteiger partial charge on any atom is 0.254 e. The van der Waals surface area contributed by atoms with E-state index < -0.39 is 0 Å². The summed E-state index contributed by atoms with van der Waals surface area (Å²) in [7, 11) is 3.18. The third-order valence-corrected chi connectivity index (χ3v) is 5.07. The quantitative estimate of drug-likeness (QED) is 0.649. The lowest BCUT2D eigenvalue weighted by atomic mass is 10.1. The van der Waals surface area contributed by atoms with Gasteiger partial charge in [0.05, 0.1) is 14.2 Å². The fourth-order valence-corrected chi connectivity index (χ4v) is 3.31. The van der Waals surface area contributed by atoms with E-state index in [2.05, 4.69) is 6.92 Å². The smallest absolute Gasteiger partial charge is 0.254 e. The highest BCUT2D eigenvalue weighted by Crippen LogP contribution is 2.35. The Balaban J connectivity index is 1.85. The normalized spacial score (nSPS) is 13.1. The van der Waals surface area contributed by atoms with Crippen LogP contribution in [0.5, 0.6) is 23.0 Å². The summed E-state index contributed by atoms with van der Waals surface area (Å²) in [6.45, 7) is 4.06. The van der Waals surface area contributed by atoms with Crippen LogP contribution in [-0.2, 0) is 6.54 Å². The molecule has 156 valence electrons. The molecule has 3 rings (SSSR count). The summed E-state index contributed by atoms with van der Waals surface area (Å²) < 4.78 is 16.9. The summed E-state index contributed by atoms with van der Waals surface area (Å²) in [6, 6.07) is 10.8. The van der Waals surface area contributed by atoms with Crippen LogP contribution in [0.3, 0.4) is 0 Å². The zero-order valence-corrected chi connectivity index (χ0v) is 17.4. The van der Waals surface area contributed by atoms with Crippen molar-refractivity contribution in [2.24, 2.45) is 11.7 Å². The van der Waals surface area contributed by atoms with Gasteiger partial charge in [0.1, 0.15) is 11.5 Å². The van der Waals surface area contributed by atoms with E-state index >= 15 is 0 Å². The second-order valence-corrected chi connectivity index (χ2v) is 7.34. The third-order valence-electron chi connectivity index (χ3n) is 5.07. The van der Waals surface area contributed by atoms with Gasteiger partial charge < -0.3 is 24.8 Å². The Kier molecular flexibility index (Phi) is 6.99. The fraction of sp³-hybridized carbons (Fsp3) is 0.435. The number of carbonyl (C=O) groups is 1. The van der Waals surface area contributed by atoms with Crippen LogP contribution in [0.25, 0.3) is 0 Å². The van der Waals surface area contributed by atoms with Crippen LogP contribution in [0.1, 0.15) is 42.1 Å². The van der Waals surface area contributed by atoms with E-state index in [1.54, 1.807) is 38.5 Å². The number of hydrogen-bond acceptors (Lipinski definition) is 5. The molecule has 1 aliphatic rings. The van der Waals surface area contributed by atoms with Gasteiger partial charge >= 0.3 is 0 Å². The van der Waals surface area contributed by atoms with Crippen LogP contribution in [0, 0.1) is 5.92 Å². The van der Waals surface area contributed by atoms with Crippen molar-refractivity contribution < 1.29 is 19.0 Å². The second-order valence-electron chi connectivity index (χ2n) is 7.34. The maximum atomic E-state index is 13.1. The first-order valence-corrected chi connectivity index (χ1v) is 10.1. The minimum atomic E-state index is 0.0299. The summed E-state index contributed by atoms with van der Waals surface area (Å²) in [6.07, 6.45) is 3.36. The van der Waals surface area contributed by atoms with E-state index in [0.29, 0.717) is 41.0 Å². The van der Waals surface area contributed by atoms with Crippen molar-refractivity contribution in [3.8, 4) is 23.0 Å². The molecule has 2 aromatic carbocycles. The Hall–Kier alpha value is -2.73. The average molecular weight is 399 g/mol. The average Bonchev–Trinajstić information content (AvgIpc) is 3.57. The van der Waals surface area contributed by atoms with Crippen LogP contribution in [0.4, 0.5) is 0 Å². The predicted octanol–water partition coefficient (Wildman–Crippen LogP) is 4.22. The molecule has 1 fully saturated rings. The lowest BCUT2D eigenvalue weighted by molar-refractivity contribution is 0.0747. The highest BCUT2D eigenvalue weighted by atomic mass is 16.5. The van der Waals surface area contributed by atoms with Gasteiger partial charge in [0.15, 0.2) is 11.5 Å². The highest BCUT2D eigenvalue weighted by Gasteiger charge is 2.27. The van der Waals surface area contributed by atoms with Crippen LogP contribution in [0.2, 0.25) is 0 Å². The Morgan fingerprint density at radius 2 is 1.83 bits per heavy atom. The number of rotatable bonds is 10. The molecular formula is C23H30N2O4. The van der Waals surface area contributed by atoms with Gasteiger partial charge in [-0.25, -0.2) is 0 Å². The van der Waals surface area contributed by atoms with Gasteiger partial charge in [-0.15, -0.1) is 0 Å². The summed E-state index contributed by atoms with van der Waals surface area (Å²) in [4.78, 5) is 15.0. The van der Waals surface area contributed by atoms with Gasteiger partial charge in [0, 0.05) is 36.8 Å². The lowest BCUT2D eigenvalue weighted by Gasteiger charge is -2.22. The number of ether oxygens (including phenoxy) is 3. The molecule has 0 radical (unpaired) electrons. The highest BCUT2D eigenvalue weighted by molar-refractivity contribution is 5.95. The number of amides is 1. The molecule has 6 nitrogen and oxygen atoms in total.